The lowest BCUT2D eigenvalue weighted by Crippen LogP contribution is -2.33. The second-order valence-corrected chi connectivity index (χ2v) is 5.00. The first-order chi connectivity index (χ1) is 8.51. The monoisotopic (exact) mass is 252 g/mol. The van der Waals surface area contributed by atoms with E-state index >= 15 is 0 Å². The molecule has 1 atom stereocenters. The molecule has 0 amide bonds. The van der Waals surface area contributed by atoms with E-state index in [1.54, 1.807) is 6.07 Å². The van der Waals surface area contributed by atoms with Crippen molar-refractivity contribution >= 4 is 5.69 Å². The Morgan fingerprint density at radius 1 is 1.28 bits per heavy atom. The van der Waals surface area contributed by atoms with Gasteiger partial charge in [0.15, 0.2) is 0 Å². The van der Waals surface area contributed by atoms with Gasteiger partial charge in [0.2, 0.25) is 0 Å². The Balaban J connectivity index is 3.14. The molecule has 0 saturated carbocycles. The zero-order valence-electron chi connectivity index (χ0n) is 11.9. The van der Waals surface area contributed by atoms with Crippen LogP contribution in [0.2, 0.25) is 0 Å². The van der Waals surface area contributed by atoms with E-state index in [9.17, 15) is 4.39 Å². The average molecular weight is 252 g/mol. The van der Waals surface area contributed by atoms with E-state index in [0.29, 0.717) is 0 Å². The number of hydrogen-bond acceptors (Lipinski definition) is 2. The van der Waals surface area contributed by atoms with Gasteiger partial charge in [0.25, 0.3) is 0 Å². The molecule has 0 spiro atoms. The van der Waals surface area contributed by atoms with Crippen LogP contribution in [0.15, 0.2) is 18.2 Å². The smallest absolute Gasteiger partial charge is 0.146 e. The first kappa shape index (κ1) is 15.0. The van der Waals surface area contributed by atoms with Gasteiger partial charge in [-0.15, -0.1) is 0 Å². The van der Waals surface area contributed by atoms with Gasteiger partial charge >= 0.3 is 0 Å². The standard InChI is InChI=1S/C15H25FN2/c1-5-13(17)10-12-8-7-9-14(16)15(12)18(6-2)11(3)4/h7-9,11,13H,5-6,10,17H2,1-4H3. The van der Waals surface area contributed by atoms with Crippen LogP contribution in [0.3, 0.4) is 0 Å². The Hall–Kier alpha value is -1.09. The molecular weight excluding hydrogens is 227 g/mol. The van der Waals surface area contributed by atoms with Gasteiger partial charge in [-0.05, 0) is 45.2 Å². The lowest BCUT2D eigenvalue weighted by molar-refractivity contribution is 0.591. The van der Waals surface area contributed by atoms with Crippen LogP contribution in [0.4, 0.5) is 10.1 Å². The normalized spacial score (nSPS) is 12.8. The van der Waals surface area contributed by atoms with E-state index in [1.807, 2.05) is 6.07 Å². The molecule has 0 aliphatic carbocycles. The van der Waals surface area contributed by atoms with Crippen molar-refractivity contribution in [2.75, 3.05) is 11.4 Å². The van der Waals surface area contributed by atoms with E-state index in [4.69, 9.17) is 5.73 Å². The second kappa shape index (κ2) is 6.74. The van der Waals surface area contributed by atoms with Crippen LogP contribution < -0.4 is 10.6 Å². The zero-order valence-corrected chi connectivity index (χ0v) is 11.9. The Morgan fingerprint density at radius 3 is 2.44 bits per heavy atom. The quantitative estimate of drug-likeness (QED) is 0.841. The number of nitrogens with zero attached hydrogens (tertiary/aromatic N) is 1. The lowest BCUT2D eigenvalue weighted by Gasteiger charge is -2.30. The summed E-state index contributed by atoms with van der Waals surface area (Å²) in [5.41, 5.74) is 7.74. The predicted molar refractivity (Wildman–Crippen MR) is 76.5 cm³/mol. The molecular formula is C15H25FN2. The molecule has 2 nitrogen and oxygen atoms in total. The molecule has 0 aromatic heterocycles. The van der Waals surface area contributed by atoms with E-state index in [1.165, 1.54) is 6.07 Å². The maximum absolute atomic E-state index is 14.1. The highest BCUT2D eigenvalue weighted by Crippen LogP contribution is 2.27. The second-order valence-electron chi connectivity index (χ2n) is 5.00. The van der Waals surface area contributed by atoms with Crippen molar-refractivity contribution < 1.29 is 4.39 Å². The first-order valence-corrected chi connectivity index (χ1v) is 6.80. The van der Waals surface area contributed by atoms with Crippen molar-refractivity contribution in [1.82, 2.24) is 0 Å². The van der Waals surface area contributed by atoms with Crippen LogP contribution in [0.5, 0.6) is 0 Å². The third-order valence-electron chi connectivity index (χ3n) is 3.33. The number of benzene rings is 1. The summed E-state index contributed by atoms with van der Waals surface area (Å²) in [5, 5.41) is 0. The number of para-hydroxylation sites is 1. The molecule has 1 rings (SSSR count). The Kier molecular flexibility index (Phi) is 5.60. The van der Waals surface area contributed by atoms with Gasteiger partial charge in [0.1, 0.15) is 5.82 Å². The predicted octanol–water partition coefficient (Wildman–Crippen LogP) is 3.34. The average Bonchev–Trinajstić information content (AvgIpc) is 2.32. The van der Waals surface area contributed by atoms with Crippen molar-refractivity contribution in [3.05, 3.63) is 29.6 Å². The minimum absolute atomic E-state index is 0.0939. The largest absolute Gasteiger partial charge is 0.367 e. The van der Waals surface area contributed by atoms with Gasteiger partial charge in [-0.2, -0.15) is 0 Å². The number of halogens is 1. The lowest BCUT2D eigenvalue weighted by atomic mass is 10.0. The molecule has 2 N–H and O–H groups in total. The molecule has 0 fully saturated rings. The molecule has 0 saturated heterocycles. The Bertz CT molecular complexity index is 377. The van der Waals surface area contributed by atoms with Crippen molar-refractivity contribution in [2.24, 2.45) is 5.73 Å². The fourth-order valence-electron chi connectivity index (χ4n) is 2.25. The molecule has 0 bridgehead atoms. The Labute approximate surface area is 110 Å². The summed E-state index contributed by atoms with van der Waals surface area (Å²) in [5.74, 6) is -0.147. The summed E-state index contributed by atoms with van der Waals surface area (Å²) < 4.78 is 14.1. The van der Waals surface area contributed by atoms with E-state index in [0.717, 1.165) is 30.6 Å². The molecule has 0 heterocycles. The SMILES string of the molecule is CCC(N)Cc1cccc(F)c1N(CC)C(C)C. The van der Waals surface area contributed by atoms with Crippen molar-refractivity contribution in [3.63, 3.8) is 0 Å². The van der Waals surface area contributed by atoms with Crippen molar-refractivity contribution in [2.45, 2.75) is 52.6 Å². The fourth-order valence-corrected chi connectivity index (χ4v) is 2.25. The number of hydrogen-bond donors (Lipinski definition) is 1. The number of anilines is 1. The van der Waals surface area contributed by atoms with Gasteiger partial charge in [-0.3, -0.25) is 0 Å². The molecule has 18 heavy (non-hydrogen) atoms. The first-order valence-electron chi connectivity index (χ1n) is 6.80. The van der Waals surface area contributed by atoms with E-state index in [2.05, 4.69) is 32.6 Å². The fraction of sp³-hybridized carbons (Fsp3) is 0.600. The van der Waals surface area contributed by atoms with E-state index in [-0.39, 0.29) is 17.9 Å². The zero-order chi connectivity index (χ0) is 13.7. The molecule has 1 unspecified atom stereocenters. The topological polar surface area (TPSA) is 29.3 Å². The minimum atomic E-state index is -0.147. The Morgan fingerprint density at radius 2 is 1.94 bits per heavy atom. The summed E-state index contributed by atoms with van der Waals surface area (Å²) in [6.45, 7) is 9.07. The van der Waals surface area contributed by atoms with E-state index < -0.39 is 0 Å². The van der Waals surface area contributed by atoms with Gasteiger partial charge in [-0.25, -0.2) is 4.39 Å². The minimum Gasteiger partial charge on any atom is -0.367 e. The molecule has 1 aromatic carbocycles. The van der Waals surface area contributed by atoms with Crippen LogP contribution in [-0.4, -0.2) is 18.6 Å². The van der Waals surface area contributed by atoms with Crippen LogP contribution in [-0.2, 0) is 6.42 Å². The summed E-state index contributed by atoms with van der Waals surface area (Å²) >= 11 is 0. The molecule has 0 aliphatic rings. The summed E-state index contributed by atoms with van der Waals surface area (Å²) in [6.07, 6.45) is 1.64. The third kappa shape index (κ3) is 3.45. The molecule has 102 valence electrons. The highest BCUT2D eigenvalue weighted by atomic mass is 19.1. The highest BCUT2D eigenvalue weighted by molar-refractivity contribution is 5.55. The van der Waals surface area contributed by atoms with Crippen LogP contribution in [0.1, 0.15) is 39.7 Å². The van der Waals surface area contributed by atoms with Crippen molar-refractivity contribution in [3.8, 4) is 0 Å². The van der Waals surface area contributed by atoms with Crippen LogP contribution >= 0.6 is 0 Å². The van der Waals surface area contributed by atoms with Gasteiger partial charge in [0, 0.05) is 18.6 Å². The molecule has 1 aromatic rings. The number of rotatable bonds is 6. The summed E-state index contributed by atoms with van der Waals surface area (Å²) in [7, 11) is 0. The molecule has 3 heteroatoms. The van der Waals surface area contributed by atoms with Crippen LogP contribution in [0.25, 0.3) is 0 Å². The maximum Gasteiger partial charge on any atom is 0.146 e. The third-order valence-corrected chi connectivity index (χ3v) is 3.33. The number of nitrogens with two attached hydrogens (primary N) is 1. The molecule has 0 aliphatic heterocycles. The summed E-state index contributed by atoms with van der Waals surface area (Å²) in [6, 6.07) is 5.66. The van der Waals surface area contributed by atoms with Crippen LogP contribution in [0, 0.1) is 5.82 Å². The summed E-state index contributed by atoms with van der Waals surface area (Å²) in [4.78, 5) is 2.09. The van der Waals surface area contributed by atoms with Gasteiger partial charge in [0.05, 0.1) is 5.69 Å². The highest BCUT2D eigenvalue weighted by Gasteiger charge is 2.18. The maximum atomic E-state index is 14.1. The van der Waals surface area contributed by atoms with Crippen molar-refractivity contribution in [1.29, 1.82) is 0 Å². The van der Waals surface area contributed by atoms with Gasteiger partial charge < -0.3 is 10.6 Å². The van der Waals surface area contributed by atoms with Gasteiger partial charge in [-0.1, -0.05) is 19.1 Å². The molecule has 0 radical (unpaired) electrons.